The van der Waals surface area contributed by atoms with Crippen LogP contribution in [0.15, 0.2) is 69.6 Å². The van der Waals surface area contributed by atoms with Crippen molar-refractivity contribution in [2.75, 3.05) is 27.2 Å². The lowest BCUT2D eigenvalue weighted by atomic mass is 9.85. The molecule has 0 radical (unpaired) electrons. The number of Topliss-reactive ketones (excluding diaryl/α,β-unsaturated/α-hetero) is 2. The number of halogens is 2. The van der Waals surface area contributed by atoms with E-state index in [4.69, 9.17) is 0 Å². The Morgan fingerprint density at radius 2 is 0.962 bits per heavy atom. The first-order valence-electron chi connectivity index (χ1n) is 27.7. The van der Waals surface area contributed by atoms with Crippen LogP contribution < -0.4 is 31.9 Å². The highest BCUT2D eigenvalue weighted by Crippen LogP contribution is 2.37. The third kappa shape index (κ3) is 14.4. The average molecular weight is 1200 g/mol. The average Bonchev–Trinajstić information content (AvgIpc) is 4.03. The van der Waals surface area contributed by atoms with Crippen LogP contribution in [0.4, 0.5) is 0 Å². The minimum absolute atomic E-state index is 0.00731. The van der Waals surface area contributed by atoms with Gasteiger partial charge in [-0.2, -0.15) is 0 Å². The number of amides is 6. The lowest BCUT2D eigenvalue weighted by Gasteiger charge is -2.36. The van der Waals surface area contributed by atoms with Crippen molar-refractivity contribution in [3.63, 3.8) is 0 Å². The molecule has 18 heteroatoms. The monoisotopic (exact) mass is 1200 g/mol. The molecule has 3 aromatic rings. The smallest absolute Gasteiger partial charge is 0.246 e. The van der Waals surface area contributed by atoms with Crippen molar-refractivity contribution in [3.8, 4) is 0 Å². The van der Waals surface area contributed by atoms with Crippen LogP contribution in [0.3, 0.4) is 0 Å². The summed E-state index contributed by atoms with van der Waals surface area (Å²) >= 11 is 7.15. The maximum atomic E-state index is 14.8. The van der Waals surface area contributed by atoms with Crippen molar-refractivity contribution in [1.82, 2.24) is 41.7 Å². The van der Waals surface area contributed by atoms with Crippen LogP contribution >= 0.6 is 31.9 Å². The number of hydrogen-bond donors (Lipinski definition) is 6. The molecule has 2 heterocycles. The number of carbonyl (C=O) groups is 8. The topological polar surface area (TPSA) is 215 Å². The van der Waals surface area contributed by atoms with Crippen molar-refractivity contribution >= 4 is 78.9 Å². The number of nitrogens with zero attached hydrogens (tertiary/aromatic N) is 2. The van der Waals surface area contributed by atoms with Crippen molar-refractivity contribution in [1.29, 1.82) is 0 Å². The normalized spacial score (nSPS) is 22.7. The molecule has 2 aliphatic carbocycles. The number of likely N-dealkylation sites (N-methyl/N-ethyl adjacent to an activating group) is 2. The molecule has 0 spiro atoms. The maximum Gasteiger partial charge on any atom is 0.246 e. The van der Waals surface area contributed by atoms with E-state index in [2.05, 4.69) is 75.9 Å². The van der Waals surface area contributed by atoms with Crippen LogP contribution in [0.1, 0.15) is 162 Å². The number of benzene rings is 3. The molecule has 10 atom stereocenters. The summed E-state index contributed by atoms with van der Waals surface area (Å²) in [6.45, 7) is 14.8. The zero-order chi connectivity index (χ0) is 57.0. The van der Waals surface area contributed by atoms with E-state index in [9.17, 15) is 38.4 Å². The van der Waals surface area contributed by atoms with Gasteiger partial charge in [0.15, 0.2) is 11.6 Å². The quantitative estimate of drug-likeness (QED) is 0.0692. The van der Waals surface area contributed by atoms with Gasteiger partial charge in [0.2, 0.25) is 35.4 Å². The summed E-state index contributed by atoms with van der Waals surface area (Å²) < 4.78 is 1.91. The zero-order valence-electron chi connectivity index (χ0n) is 46.9. The Morgan fingerprint density at radius 3 is 1.32 bits per heavy atom. The van der Waals surface area contributed by atoms with E-state index in [0.29, 0.717) is 11.1 Å². The number of rotatable bonds is 18. The fraction of sp³-hybridized carbons (Fsp3) is 0.567. The minimum Gasteiger partial charge on any atom is -0.347 e. The summed E-state index contributed by atoms with van der Waals surface area (Å²) in [4.78, 5) is 117. The molecule has 2 unspecified atom stereocenters. The van der Waals surface area contributed by atoms with Gasteiger partial charge in [-0.05, 0) is 155 Å². The summed E-state index contributed by atoms with van der Waals surface area (Å²) in [7, 11) is 3.32. The SMILES string of the molecule is CN[C@@H](C)C(=O)N[C@H](C(=O)N1C[C@@H](CC(=O)c2cccc(C(=O)C[C@H]3C[C@@H](C(=O)NC4CCCc5cc(Br)ccc54)N(C(=O)[C@@H](NC(=O)[C@H](C)NC)C(C)(C)C)C3)c2)C[C@H]1C(=O)NC1CCCc2cc(Br)ccc21)C(C)(C)C. The second-order valence-corrected chi connectivity index (χ2v) is 26.1. The second kappa shape index (κ2) is 25.4. The lowest BCUT2D eigenvalue weighted by Crippen LogP contribution is -2.59. The number of likely N-dealkylation sites (tertiary alicyclic amines) is 2. The van der Waals surface area contributed by atoms with Gasteiger partial charge in [0, 0.05) is 46.0 Å². The van der Waals surface area contributed by atoms with Crippen LogP contribution in [0.25, 0.3) is 0 Å². The maximum absolute atomic E-state index is 14.8. The molecular formula is C60H80Br2N8O8. The number of hydrogen-bond acceptors (Lipinski definition) is 10. The van der Waals surface area contributed by atoms with Gasteiger partial charge in [0.1, 0.15) is 24.2 Å². The Labute approximate surface area is 477 Å². The van der Waals surface area contributed by atoms with Crippen LogP contribution in [-0.2, 0) is 41.6 Å². The highest BCUT2D eigenvalue weighted by molar-refractivity contribution is 9.10. The fourth-order valence-electron chi connectivity index (χ4n) is 11.6. The zero-order valence-corrected chi connectivity index (χ0v) is 50.1. The molecule has 6 N–H and O–H groups in total. The number of carbonyl (C=O) groups excluding carboxylic acids is 8. The number of ketones is 2. The lowest BCUT2D eigenvalue weighted by molar-refractivity contribution is -0.144. The van der Waals surface area contributed by atoms with Gasteiger partial charge in [-0.3, -0.25) is 38.4 Å². The largest absolute Gasteiger partial charge is 0.347 e. The van der Waals surface area contributed by atoms with Crippen molar-refractivity contribution in [2.24, 2.45) is 22.7 Å². The van der Waals surface area contributed by atoms with Gasteiger partial charge in [-0.15, -0.1) is 0 Å². The first kappa shape index (κ1) is 60.3. The highest BCUT2D eigenvalue weighted by atomic mass is 79.9. The van der Waals surface area contributed by atoms with E-state index < -0.39 is 70.7 Å². The van der Waals surface area contributed by atoms with Gasteiger partial charge in [0.05, 0.1) is 24.2 Å². The van der Waals surface area contributed by atoms with Crippen LogP contribution in [0, 0.1) is 22.7 Å². The van der Waals surface area contributed by atoms with Gasteiger partial charge in [-0.25, -0.2) is 0 Å². The minimum atomic E-state index is -0.971. The molecule has 422 valence electrons. The summed E-state index contributed by atoms with van der Waals surface area (Å²) in [6.07, 6.45) is 5.40. The van der Waals surface area contributed by atoms with Gasteiger partial charge >= 0.3 is 0 Å². The number of aryl methyl sites for hydroxylation is 2. The van der Waals surface area contributed by atoms with Crippen molar-refractivity contribution in [3.05, 3.63) is 103 Å². The van der Waals surface area contributed by atoms with E-state index in [-0.39, 0.29) is 86.1 Å². The van der Waals surface area contributed by atoms with Crippen molar-refractivity contribution < 1.29 is 38.4 Å². The molecule has 0 aromatic heterocycles. The molecule has 16 nitrogen and oxygen atoms in total. The number of nitrogens with one attached hydrogen (secondary N) is 6. The van der Waals surface area contributed by atoms with E-state index in [1.807, 2.05) is 65.8 Å². The standard InChI is InChI=1S/C60H80Br2N8O8/c1-33(63-9)53(73)67-51(59(3,4)5)57(77)69-31-35(24-47(69)55(75)65-45-18-12-14-37-29-41(61)20-22-43(37)45)26-49(71)39-16-11-17-40(28-39)50(72)27-36-25-48(56(76)66-46-19-13-15-38-30-42(62)21-23-44(38)46)70(32-36)58(78)52(60(6,7)8)68-54(74)34(2)64-10/h11,16-17,20-23,28-30,33-36,45-48,51-52,63-64H,12-15,18-19,24-27,31-32H2,1-10H3,(H,65,75)(H,66,76)(H,67,73)(H,68,74)/t33-,34-,35+,36+,45?,46?,47-,48-,51+,52+/m0/s1. The third-order valence-electron chi connectivity index (χ3n) is 16.3. The molecule has 6 amide bonds. The molecule has 2 aliphatic heterocycles. The van der Waals surface area contributed by atoms with Crippen molar-refractivity contribution in [2.45, 2.75) is 168 Å². The Kier molecular flexibility index (Phi) is 19.7. The summed E-state index contributed by atoms with van der Waals surface area (Å²) in [5, 5.41) is 18.3. The van der Waals surface area contributed by atoms with Gasteiger partial charge < -0.3 is 41.7 Å². The fourth-order valence-corrected chi connectivity index (χ4v) is 12.4. The molecule has 0 saturated carbocycles. The molecule has 0 bridgehead atoms. The molecule has 2 saturated heterocycles. The van der Waals surface area contributed by atoms with Crippen LogP contribution in [-0.4, -0.2) is 120 Å². The van der Waals surface area contributed by atoms with Crippen LogP contribution in [0.2, 0.25) is 0 Å². The van der Waals surface area contributed by atoms with E-state index in [0.717, 1.165) is 69.7 Å². The Balaban J connectivity index is 1.09. The van der Waals surface area contributed by atoms with Gasteiger partial charge in [-0.1, -0.05) is 104 Å². The van der Waals surface area contributed by atoms with E-state index >= 15 is 0 Å². The summed E-state index contributed by atoms with van der Waals surface area (Å²) in [6, 6.07) is 13.2. The molecular weight excluding hydrogens is 1120 g/mol. The first-order valence-corrected chi connectivity index (χ1v) is 29.3. The second-order valence-electron chi connectivity index (χ2n) is 24.3. The van der Waals surface area contributed by atoms with Crippen LogP contribution in [0.5, 0.6) is 0 Å². The Hall–Kier alpha value is -5.30. The van der Waals surface area contributed by atoms with Gasteiger partial charge in [0.25, 0.3) is 0 Å². The number of fused-ring (bicyclic) bond motifs is 2. The van der Waals surface area contributed by atoms with E-state index in [1.165, 1.54) is 9.80 Å². The predicted molar refractivity (Wildman–Crippen MR) is 307 cm³/mol. The predicted octanol–water partition coefficient (Wildman–Crippen LogP) is 7.46. The molecule has 2 fully saturated rings. The van der Waals surface area contributed by atoms with E-state index in [1.54, 1.807) is 52.2 Å². The summed E-state index contributed by atoms with van der Waals surface area (Å²) in [5.41, 5.74) is 3.51. The molecule has 3 aromatic carbocycles. The summed E-state index contributed by atoms with van der Waals surface area (Å²) in [5.74, 6) is -3.53. The first-order chi connectivity index (χ1) is 36.8. The molecule has 4 aliphatic rings. The third-order valence-corrected chi connectivity index (χ3v) is 17.3. The molecule has 78 heavy (non-hydrogen) atoms. The Bertz CT molecular complexity index is 2590. The Morgan fingerprint density at radius 1 is 0.577 bits per heavy atom. The molecule has 7 rings (SSSR count). The highest BCUT2D eigenvalue weighted by Gasteiger charge is 2.48.